The molecule has 1 amide bonds. The van der Waals surface area contributed by atoms with E-state index in [0.29, 0.717) is 23.5 Å². The Morgan fingerprint density at radius 2 is 1.80 bits per heavy atom. The molecule has 1 fully saturated rings. The molecule has 0 radical (unpaired) electrons. The molecule has 9 heteroatoms. The van der Waals surface area contributed by atoms with Crippen LogP contribution in [0.25, 0.3) is 0 Å². The van der Waals surface area contributed by atoms with Crippen molar-refractivity contribution in [3.05, 3.63) is 77.1 Å². The van der Waals surface area contributed by atoms with E-state index >= 15 is 0 Å². The summed E-state index contributed by atoms with van der Waals surface area (Å²) in [6, 6.07) is 14.7. The summed E-state index contributed by atoms with van der Waals surface area (Å²) in [6.07, 6.45) is 1.40. The number of amides is 1. The number of rotatable bonds is 5. The monoisotopic (exact) mass is 444 g/mol. The molecular weight excluding hydrogens is 424 g/mol. The zero-order valence-electron chi connectivity index (χ0n) is 16.2. The largest absolute Gasteiger partial charge is 0.461 e. The van der Waals surface area contributed by atoms with Crippen molar-refractivity contribution in [3.63, 3.8) is 0 Å². The molecule has 30 heavy (non-hydrogen) atoms. The van der Waals surface area contributed by atoms with Gasteiger partial charge in [-0.05, 0) is 43.3 Å². The van der Waals surface area contributed by atoms with Crippen molar-refractivity contribution in [2.75, 3.05) is 19.6 Å². The van der Waals surface area contributed by atoms with Crippen molar-refractivity contribution in [1.29, 1.82) is 0 Å². The molecule has 3 aromatic rings. The predicted octanol–water partition coefficient (Wildman–Crippen LogP) is 3.11. The molecule has 1 aliphatic heterocycles. The van der Waals surface area contributed by atoms with Crippen LogP contribution in [-0.4, -0.2) is 55.0 Å². The number of benzene rings is 1. The standard InChI is InChI=1S/C21H20N2O5S2/c1-15-14-22(21(25)16-6-3-2-4-7-16)11-12-23(15)30(26,27)19-10-9-18(29-19)20(24)17-8-5-13-28-17/h2-10,13,15H,11-12,14H2,1H3. The molecule has 0 spiro atoms. The second kappa shape index (κ2) is 8.17. The van der Waals surface area contributed by atoms with E-state index in [1.54, 1.807) is 48.2 Å². The van der Waals surface area contributed by atoms with Gasteiger partial charge in [0.05, 0.1) is 11.1 Å². The van der Waals surface area contributed by atoms with Gasteiger partial charge in [0.25, 0.3) is 15.9 Å². The molecule has 1 aliphatic rings. The minimum absolute atomic E-state index is 0.104. The van der Waals surface area contributed by atoms with Crippen molar-refractivity contribution in [2.24, 2.45) is 0 Å². The van der Waals surface area contributed by atoms with Gasteiger partial charge in [0.1, 0.15) is 4.21 Å². The van der Waals surface area contributed by atoms with Crippen LogP contribution >= 0.6 is 11.3 Å². The van der Waals surface area contributed by atoms with Gasteiger partial charge in [0.15, 0.2) is 5.76 Å². The summed E-state index contributed by atoms with van der Waals surface area (Å²) >= 11 is 0.926. The Kier molecular flexibility index (Phi) is 5.59. The third kappa shape index (κ3) is 3.83. The highest BCUT2D eigenvalue weighted by Gasteiger charge is 2.36. The number of carbonyl (C=O) groups excluding carboxylic acids is 2. The maximum Gasteiger partial charge on any atom is 0.253 e. The molecule has 7 nitrogen and oxygen atoms in total. The molecule has 1 saturated heterocycles. The fraction of sp³-hybridized carbons (Fsp3) is 0.238. The van der Waals surface area contributed by atoms with Gasteiger partial charge in [-0.1, -0.05) is 18.2 Å². The highest BCUT2D eigenvalue weighted by atomic mass is 32.2. The van der Waals surface area contributed by atoms with Crippen LogP contribution in [0, 0.1) is 0 Å². The number of furan rings is 1. The summed E-state index contributed by atoms with van der Waals surface area (Å²) in [5.41, 5.74) is 0.584. The summed E-state index contributed by atoms with van der Waals surface area (Å²) < 4.78 is 32.9. The molecule has 0 aliphatic carbocycles. The lowest BCUT2D eigenvalue weighted by Gasteiger charge is -2.38. The van der Waals surface area contributed by atoms with Crippen LogP contribution < -0.4 is 0 Å². The molecule has 0 bridgehead atoms. The number of nitrogens with zero attached hydrogens (tertiary/aromatic N) is 2. The van der Waals surface area contributed by atoms with Gasteiger partial charge in [0, 0.05) is 31.2 Å². The third-order valence-corrected chi connectivity index (χ3v) is 8.55. The molecule has 0 saturated carbocycles. The van der Waals surface area contributed by atoms with Gasteiger partial charge in [-0.15, -0.1) is 11.3 Å². The Labute approximate surface area is 178 Å². The van der Waals surface area contributed by atoms with Gasteiger partial charge in [-0.3, -0.25) is 9.59 Å². The summed E-state index contributed by atoms with van der Waals surface area (Å²) in [5, 5.41) is 0. The van der Waals surface area contributed by atoms with Crippen LogP contribution in [0.5, 0.6) is 0 Å². The Morgan fingerprint density at radius 1 is 1.03 bits per heavy atom. The van der Waals surface area contributed by atoms with Gasteiger partial charge in [0.2, 0.25) is 5.78 Å². The van der Waals surface area contributed by atoms with Crippen LogP contribution in [0.2, 0.25) is 0 Å². The van der Waals surface area contributed by atoms with Gasteiger partial charge in [-0.2, -0.15) is 4.31 Å². The normalized spacial score (nSPS) is 17.8. The fourth-order valence-corrected chi connectivity index (χ4v) is 6.46. The summed E-state index contributed by atoms with van der Waals surface area (Å²) in [6.45, 7) is 2.59. The number of hydrogen-bond acceptors (Lipinski definition) is 6. The first-order valence-electron chi connectivity index (χ1n) is 9.42. The maximum atomic E-state index is 13.2. The maximum absolute atomic E-state index is 13.2. The van der Waals surface area contributed by atoms with E-state index in [1.807, 2.05) is 6.07 Å². The van der Waals surface area contributed by atoms with Crippen molar-refractivity contribution >= 4 is 33.1 Å². The quantitative estimate of drug-likeness (QED) is 0.564. The minimum atomic E-state index is -3.78. The molecule has 156 valence electrons. The highest BCUT2D eigenvalue weighted by Crippen LogP contribution is 2.29. The number of carbonyl (C=O) groups is 2. The predicted molar refractivity (Wildman–Crippen MR) is 112 cm³/mol. The number of hydrogen-bond donors (Lipinski definition) is 0. The molecule has 3 heterocycles. The second-order valence-corrected chi connectivity index (χ2v) is 10.2. The average molecular weight is 445 g/mol. The smallest absolute Gasteiger partial charge is 0.253 e. The molecule has 0 N–H and O–H groups in total. The second-order valence-electron chi connectivity index (χ2n) is 7.01. The first-order valence-corrected chi connectivity index (χ1v) is 11.7. The zero-order valence-corrected chi connectivity index (χ0v) is 17.9. The molecule has 2 aromatic heterocycles. The van der Waals surface area contributed by atoms with E-state index in [0.717, 1.165) is 11.3 Å². The van der Waals surface area contributed by atoms with E-state index < -0.39 is 10.0 Å². The van der Waals surface area contributed by atoms with Crippen molar-refractivity contribution < 1.29 is 22.4 Å². The van der Waals surface area contributed by atoms with Crippen LogP contribution in [0.4, 0.5) is 0 Å². The summed E-state index contributed by atoms with van der Waals surface area (Å²) in [4.78, 5) is 27.1. The van der Waals surface area contributed by atoms with Gasteiger partial charge >= 0.3 is 0 Å². The molecule has 1 atom stereocenters. The van der Waals surface area contributed by atoms with Crippen LogP contribution in [-0.2, 0) is 10.0 Å². The summed E-state index contributed by atoms with van der Waals surface area (Å²) in [5.74, 6) is -0.290. The van der Waals surface area contributed by atoms with Crippen molar-refractivity contribution in [1.82, 2.24) is 9.21 Å². The van der Waals surface area contributed by atoms with Crippen molar-refractivity contribution in [3.8, 4) is 0 Å². The van der Waals surface area contributed by atoms with E-state index in [2.05, 4.69) is 0 Å². The van der Waals surface area contributed by atoms with Crippen LogP contribution in [0.15, 0.2) is 69.5 Å². The van der Waals surface area contributed by atoms with Gasteiger partial charge in [-0.25, -0.2) is 8.42 Å². The van der Waals surface area contributed by atoms with E-state index in [9.17, 15) is 18.0 Å². The minimum Gasteiger partial charge on any atom is -0.461 e. The number of piperazine rings is 1. The Morgan fingerprint density at radius 3 is 2.47 bits per heavy atom. The highest BCUT2D eigenvalue weighted by molar-refractivity contribution is 7.91. The molecule has 4 rings (SSSR count). The molecule has 1 unspecified atom stereocenters. The zero-order chi connectivity index (χ0) is 21.3. The van der Waals surface area contributed by atoms with Gasteiger partial charge < -0.3 is 9.32 Å². The lowest BCUT2D eigenvalue weighted by Crippen LogP contribution is -2.55. The van der Waals surface area contributed by atoms with E-state index in [-0.39, 0.29) is 34.2 Å². The lowest BCUT2D eigenvalue weighted by molar-refractivity contribution is 0.0642. The third-order valence-electron chi connectivity index (χ3n) is 4.99. The van der Waals surface area contributed by atoms with Crippen molar-refractivity contribution in [2.45, 2.75) is 17.2 Å². The molecular formula is C21H20N2O5S2. The lowest BCUT2D eigenvalue weighted by atomic mass is 10.1. The first-order chi connectivity index (χ1) is 14.4. The summed E-state index contributed by atoms with van der Waals surface area (Å²) in [7, 11) is -3.78. The van der Waals surface area contributed by atoms with E-state index in [4.69, 9.17) is 4.42 Å². The van der Waals surface area contributed by atoms with E-state index in [1.165, 1.54) is 22.7 Å². The SMILES string of the molecule is CC1CN(C(=O)c2ccccc2)CCN1S(=O)(=O)c1ccc(C(=O)c2ccco2)s1. The topological polar surface area (TPSA) is 87.9 Å². The van der Waals surface area contributed by atoms with Crippen LogP contribution in [0.3, 0.4) is 0 Å². The Hall–Kier alpha value is -2.75. The first kappa shape index (κ1) is 20.5. The number of sulfonamides is 1. The fourth-order valence-electron chi connectivity index (χ4n) is 3.47. The Bertz CT molecular complexity index is 1150. The number of ketones is 1. The van der Waals surface area contributed by atoms with Crippen LogP contribution in [0.1, 0.15) is 32.7 Å². The average Bonchev–Trinajstić information content (AvgIpc) is 3.45. The Balaban J connectivity index is 1.49. The number of thiophene rings is 1. The molecule has 1 aromatic carbocycles.